The van der Waals surface area contributed by atoms with Gasteiger partial charge >= 0.3 is 12.1 Å². The summed E-state index contributed by atoms with van der Waals surface area (Å²) in [7, 11) is 0. The molecule has 1 atom stereocenters. The summed E-state index contributed by atoms with van der Waals surface area (Å²) < 4.78 is 10.7. The molecule has 10 heteroatoms. The second-order valence-electron chi connectivity index (χ2n) is 7.25. The van der Waals surface area contributed by atoms with E-state index in [1.165, 1.54) is 0 Å². The number of amides is 2. The third-order valence-electron chi connectivity index (χ3n) is 2.26. The summed E-state index contributed by atoms with van der Waals surface area (Å²) in [6.07, 6.45) is 0.330. The molecule has 152 valence electrons. The van der Waals surface area contributed by atoms with Crippen LogP contribution in [0.2, 0.25) is 0 Å². The minimum Gasteiger partial charge on any atom is -0.480 e. The van der Waals surface area contributed by atoms with Crippen molar-refractivity contribution in [3.8, 4) is 0 Å². The topological polar surface area (TPSA) is 166 Å². The van der Waals surface area contributed by atoms with Crippen molar-refractivity contribution in [3.05, 3.63) is 0 Å². The molecule has 2 amide bonds. The van der Waals surface area contributed by atoms with Crippen molar-refractivity contribution in [2.45, 2.75) is 71.6 Å². The first-order chi connectivity index (χ1) is 11.7. The van der Waals surface area contributed by atoms with Gasteiger partial charge in [-0.25, -0.2) is 15.1 Å². The lowest BCUT2D eigenvalue weighted by Gasteiger charge is -2.24. The maximum Gasteiger partial charge on any atom is 0.415 e. The second-order valence-corrected chi connectivity index (χ2v) is 7.25. The van der Waals surface area contributed by atoms with Crippen LogP contribution in [0.1, 0.15) is 54.4 Å². The molecule has 0 bridgehead atoms. The van der Waals surface area contributed by atoms with Crippen molar-refractivity contribution < 1.29 is 29.0 Å². The normalized spacial score (nSPS) is 13.0. The second kappa shape index (κ2) is 12.1. The Hall–Kier alpha value is -2.36. The molecule has 0 aromatic carbocycles. The molecular formula is C16H32N4O6. The molecule has 0 rings (SSSR count). The van der Waals surface area contributed by atoms with Crippen molar-refractivity contribution in [1.29, 1.82) is 0 Å². The van der Waals surface area contributed by atoms with E-state index in [0.717, 1.165) is 0 Å². The van der Waals surface area contributed by atoms with Gasteiger partial charge in [-0.15, -0.1) is 0 Å². The molecule has 0 fully saturated rings. The molecular weight excluding hydrogens is 344 g/mol. The SMILES string of the molecule is CC(C)(C)OC(=O)NC(=NCCCC(N)C(=O)O)OC(C)(C)C.NC=O. The molecule has 0 aliphatic heterocycles. The third kappa shape index (κ3) is 18.0. The first-order valence-electron chi connectivity index (χ1n) is 8.09. The fraction of sp³-hybridized carbons (Fsp3) is 0.750. The third-order valence-corrected chi connectivity index (χ3v) is 2.26. The number of carbonyl (C=O) groups excluding carboxylic acids is 2. The van der Waals surface area contributed by atoms with Crippen LogP contribution in [-0.2, 0) is 19.1 Å². The number of nitrogens with zero attached hydrogens (tertiary/aromatic N) is 1. The molecule has 1 unspecified atom stereocenters. The van der Waals surface area contributed by atoms with Gasteiger partial charge in [-0.2, -0.15) is 0 Å². The summed E-state index contributed by atoms with van der Waals surface area (Å²) in [5.74, 6) is -1.05. The predicted molar refractivity (Wildman–Crippen MR) is 97.6 cm³/mol. The number of carboxylic acid groups (broad SMARTS) is 1. The summed E-state index contributed by atoms with van der Waals surface area (Å²) in [5, 5.41) is 11.2. The number of hydrogen-bond donors (Lipinski definition) is 4. The number of hydrogen-bond acceptors (Lipinski definition) is 7. The van der Waals surface area contributed by atoms with Crippen LogP contribution in [0.25, 0.3) is 0 Å². The van der Waals surface area contributed by atoms with E-state index in [4.69, 9.17) is 25.1 Å². The van der Waals surface area contributed by atoms with Gasteiger partial charge in [-0.3, -0.25) is 9.59 Å². The van der Waals surface area contributed by atoms with Crippen molar-refractivity contribution in [1.82, 2.24) is 5.32 Å². The first-order valence-corrected chi connectivity index (χ1v) is 8.09. The predicted octanol–water partition coefficient (Wildman–Crippen LogP) is 0.976. The van der Waals surface area contributed by atoms with E-state index in [0.29, 0.717) is 6.42 Å². The number of carboxylic acids is 1. The Morgan fingerprint density at radius 3 is 2.00 bits per heavy atom. The number of ether oxygens (including phenoxy) is 2. The van der Waals surface area contributed by atoms with E-state index >= 15 is 0 Å². The van der Waals surface area contributed by atoms with Gasteiger partial charge in [0.25, 0.3) is 6.02 Å². The van der Waals surface area contributed by atoms with E-state index < -0.39 is 29.3 Å². The number of nitrogens with two attached hydrogens (primary N) is 2. The molecule has 0 saturated carbocycles. The Morgan fingerprint density at radius 2 is 1.62 bits per heavy atom. The Balaban J connectivity index is 0. The van der Waals surface area contributed by atoms with Crippen molar-refractivity contribution >= 4 is 24.5 Å². The van der Waals surface area contributed by atoms with E-state index in [1.54, 1.807) is 20.8 Å². The number of nitrogens with one attached hydrogen (secondary N) is 1. The van der Waals surface area contributed by atoms with Crippen molar-refractivity contribution in [2.75, 3.05) is 6.54 Å². The van der Waals surface area contributed by atoms with Gasteiger partial charge in [0.1, 0.15) is 17.2 Å². The first kappa shape index (κ1) is 25.9. The zero-order chi connectivity index (χ0) is 21.0. The van der Waals surface area contributed by atoms with Crippen LogP contribution in [0.4, 0.5) is 4.79 Å². The van der Waals surface area contributed by atoms with Crippen LogP contribution >= 0.6 is 0 Å². The van der Waals surface area contributed by atoms with Crippen LogP contribution in [-0.4, -0.2) is 53.4 Å². The average Bonchev–Trinajstić information content (AvgIpc) is 2.39. The molecule has 26 heavy (non-hydrogen) atoms. The minimum atomic E-state index is -1.05. The van der Waals surface area contributed by atoms with Crippen LogP contribution in [0.15, 0.2) is 4.99 Å². The fourth-order valence-corrected chi connectivity index (χ4v) is 1.39. The van der Waals surface area contributed by atoms with E-state index in [1.807, 2.05) is 20.8 Å². The van der Waals surface area contributed by atoms with Gasteiger partial charge in [0.05, 0.1) is 0 Å². The van der Waals surface area contributed by atoms with Crippen LogP contribution in [0.5, 0.6) is 0 Å². The summed E-state index contributed by atoms with van der Waals surface area (Å²) in [4.78, 5) is 35.2. The molecule has 0 heterocycles. The van der Waals surface area contributed by atoms with Gasteiger partial charge in [0.2, 0.25) is 6.41 Å². The number of aliphatic imine (C=N–C) groups is 1. The van der Waals surface area contributed by atoms with Crippen LogP contribution in [0, 0.1) is 0 Å². The molecule has 10 nitrogen and oxygen atoms in total. The maximum absolute atomic E-state index is 11.8. The lowest BCUT2D eigenvalue weighted by Crippen LogP contribution is -2.40. The monoisotopic (exact) mass is 376 g/mol. The highest BCUT2D eigenvalue weighted by atomic mass is 16.6. The molecule has 0 radical (unpaired) electrons. The Labute approximate surface area is 154 Å². The molecule has 0 aliphatic carbocycles. The number of amidine groups is 1. The Kier molecular flexibility index (Phi) is 12.0. The number of carbonyl (C=O) groups is 3. The quantitative estimate of drug-likeness (QED) is 0.240. The summed E-state index contributed by atoms with van der Waals surface area (Å²) in [6, 6.07) is -0.883. The minimum absolute atomic E-state index is 0.0376. The maximum atomic E-state index is 11.8. The number of primary amides is 1. The smallest absolute Gasteiger partial charge is 0.415 e. The van der Waals surface area contributed by atoms with Gasteiger partial charge < -0.3 is 26.0 Å². The number of alkyl carbamates (subject to hydrolysis) is 1. The average molecular weight is 376 g/mol. The zero-order valence-corrected chi connectivity index (χ0v) is 16.4. The largest absolute Gasteiger partial charge is 0.480 e. The fourth-order valence-electron chi connectivity index (χ4n) is 1.39. The molecule has 0 saturated heterocycles. The van der Waals surface area contributed by atoms with Crippen molar-refractivity contribution in [2.24, 2.45) is 16.5 Å². The van der Waals surface area contributed by atoms with Crippen LogP contribution in [0.3, 0.4) is 0 Å². The standard InChI is InChI=1S/C15H29N3O5.CH3NO/c1-14(2,3)22-12(18-13(21)23-15(4,5)6)17-9-7-8-10(16)11(19)20;2-1-3/h10H,7-9,16H2,1-6H3,(H,19,20)(H,17,18,21);1H,(H2,2,3). The highest BCUT2D eigenvalue weighted by Crippen LogP contribution is 2.09. The van der Waals surface area contributed by atoms with Gasteiger partial charge in [0, 0.05) is 6.54 Å². The molecule has 6 N–H and O–H groups in total. The van der Waals surface area contributed by atoms with Crippen LogP contribution < -0.4 is 16.8 Å². The van der Waals surface area contributed by atoms with Gasteiger partial charge in [-0.05, 0) is 54.4 Å². The molecule has 0 aromatic rings. The molecule has 0 aromatic heterocycles. The lowest BCUT2D eigenvalue weighted by atomic mass is 10.2. The summed E-state index contributed by atoms with van der Waals surface area (Å²) in [5.41, 5.74) is 8.40. The van der Waals surface area contributed by atoms with E-state index in [9.17, 15) is 9.59 Å². The zero-order valence-electron chi connectivity index (χ0n) is 16.4. The number of aliphatic carboxylic acids is 1. The van der Waals surface area contributed by atoms with Gasteiger partial charge in [-0.1, -0.05) is 0 Å². The van der Waals surface area contributed by atoms with Gasteiger partial charge in [0.15, 0.2) is 0 Å². The highest BCUT2D eigenvalue weighted by molar-refractivity contribution is 5.90. The number of rotatable bonds is 5. The van der Waals surface area contributed by atoms with E-state index in [2.05, 4.69) is 16.0 Å². The Morgan fingerprint density at radius 1 is 1.15 bits per heavy atom. The van der Waals surface area contributed by atoms with Crippen molar-refractivity contribution in [3.63, 3.8) is 0 Å². The summed E-state index contributed by atoms with van der Waals surface area (Å²) in [6.45, 7) is 11.0. The summed E-state index contributed by atoms with van der Waals surface area (Å²) >= 11 is 0. The molecule has 0 aliphatic rings. The van der Waals surface area contributed by atoms with E-state index in [-0.39, 0.29) is 25.4 Å². The highest BCUT2D eigenvalue weighted by Gasteiger charge is 2.21. The Bertz CT molecular complexity index is 480. The molecule has 0 spiro atoms. The lowest BCUT2D eigenvalue weighted by molar-refractivity contribution is -0.138.